The van der Waals surface area contributed by atoms with E-state index < -0.39 is 8.32 Å². The lowest BCUT2D eigenvalue weighted by atomic mass is 10.0. The van der Waals surface area contributed by atoms with Gasteiger partial charge in [-0.15, -0.1) is 0 Å². The molecule has 1 aliphatic heterocycles. The average molecular weight is 273 g/mol. The molecule has 0 unspecified atom stereocenters. The van der Waals surface area contributed by atoms with E-state index >= 15 is 0 Å². The van der Waals surface area contributed by atoms with Gasteiger partial charge < -0.3 is 14.5 Å². The highest BCUT2D eigenvalue weighted by atomic mass is 28.4. The number of nitrogens with one attached hydrogen (secondary N) is 1. The monoisotopic (exact) mass is 273 g/mol. The van der Waals surface area contributed by atoms with Crippen molar-refractivity contribution in [3.8, 4) is 0 Å². The zero-order chi connectivity index (χ0) is 14.0. The van der Waals surface area contributed by atoms with Crippen LogP contribution in [-0.4, -0.2) is 40.2 Å². The summed E-state index contributed by atoms with van der Waals surface area (Å²) in [6, 6.07) is 0.812. The van der Waals surface area contributed by atoms with Crippen molar-refractivity contribution in [2.24, 2.45) is 5.92 Å². The Labute approximate surface area is 114 Å². The second-order valence-corrected chi connectivity index (χ2v) is 12.1. The summed E-state index contributed by atoms with van der Waals surface area (Å²) in [7, 11) is -1.63. The van der Waals surface area contributed by atoms with Crippen LogP contribution in [0.25, 0.3) is 0 Å². The molecule has 2 atom stereocenters. The minimum absolute atomic E-state index is 0.278. The SMILES string of the molecule is CC(C)[C@H]1COC[C@@H](CO[Si](C)(C)C(C)(C)C)N1. The number of rotatable bonds is 4. The molecule has 18 heavy (non-hydrogen) atoms. The Kier molecular flexibility index (Phi) is 5.41. The predicted molar refractivity (Wildman–Crippen MR) is 79.5 cm³/mol. The number of hydrogen-bond donors (Lipinski definition) is 1. The molecule has 0 amide bonds. The van der Waals surface area contributed by atoms with Crippen LogP contribution in [0.15, 0.2) is 0 Å². The van der Waals surface area contributed by atoms with Gasteiger partial charge in [0.05, 0.1) is 25.9 Å². The van der Waals surface area contributed by atoms with Gasteiger partial charge in [-0.05, 0) is 24.1 Å². The van der Waals surface area contributed by atoms with Gasteiger partial charge in [-0.3, -0.25) is 0 Å². The second kappa shape index (κ2) is 6.03. The van der Waals surface area contributed by atoms with Crippen molar-refractivity contribution < 1.29 is 9.16 Å². The van der Waals surface area contributed by atoms with Gasteiger partial charge in [0, 0.05) is 6.04 Å². The van der Waals surface area contributed by atoms with Gasteiger partial charge in [-0.25, -0.2) is 0 Å². The fourth-order valence-electron chi connectivity index (χ4n) is 1.74. The van der Waals surface area contributed by atoms with Gasteiger partial charge in [0.25, 0.3) is 0 Å². The minimum atomic E-state index is -1.63. The summed E-state index contributed by atoms with van der Waals surface area (Å²) in [4.78, 5) is 0. The Balaban J connectivity index is 2.44. The van der Waals surface area contributed by atoms with Crippen LogP contribution in [0, 0.1) is 5.92 Å². The van der Waals surface area contributed by atoms with Gasteiger partial charge in [0.15, 0.2) is 8.32 Å². The van der Waals surface area contributed by atoms with Gasteiger partial charge in [0.1, 0.15) is 0 Å². The fraction of sp³-hybridized carbons (Fsp3) is 1.00. The molecular weight excluding hydrogens is 242 g/mol. The van der Waals surface area contributed by atoms with E-state index in [4.69, 9.17) is 9.16 Å². The maximum absolute atomic E-state index is 6.26. The van der Waals surface area contributed by atoms with E-state index in [9.17, 15) is 0 Å². The van der Waals surface area contributed by atoms with E-state index in [0.717, 1.165) is 19.8 Å². The van der Waals surface area contributed by atoms with Gasteiger partial charge >= 0.3 is 0 Å². The highest BCUT2D eigenvalue weighted by molar-refractivity contribution is 6.74. The number of ether oxygens (including phenoxy) is 1. The lowest BCUT2D eigenvalue weighted by Crippen LogP contribution is -2.54. The maximum atomic E-state index is 6.26. The normalized spacial score (nSPS) is 26.7. The van der Waals surface area contributed by atoms with Crippen LogP contribution in [-0.2, 0) is 9.16 Å². The van der Waals surface area contributed by atoms with Crippen LogP contribution in [0.5, 0.6) is 0 Å². The molecule has 1 N–H and O–H groups in total. The quantitative estimate of drug-likeness (QED) is 0.799. The van der Waals surface area contributed by atoms with E-state index in [1.165, 1.54) is 0 Å². The molecule has 0 aromatic heterocycles. The molecule has 3 nitrogen and oxygen atoms in total. The van der Waals surface area contributed by atoms with Crippen molar-refractivity contribution in [2.45, 2.75) is 64.8 Å². The topological polar surface area (TPSA) is 30.5 Å². The van der Waals surface area contributed by atoms with Crippen molar-refractivity contribution in [1.82, 2.24) is 5.32 Å². The Morgan fingerprint density at radius 3 is 2.39 bits per heavy atom. The standard InChI is InChI=1S/C14H31NO2Si/c1-11(2)13-10-16-8-12(15-13)9-17-18(6,7)14(3,4)5/h11-13,15H,8-10H2,1-7H3/t12-,13+/m0/s1. The molecule has 0 aliphatic carbocycles. The summed E-state index contributed by atoms with van der Waals surface area (Å²) in [5.41, 5.74) is 0. The summed E-state index contributed by atoms with van der Waals surface area (Å²) in [6.07, 6.45) is 0. The largest absolute Gasteiger partial charge is 0.415 e. The minimum Gasteiger partial charge on any atom is -0.415 e. The smallest absolute Gasteiger partial charge is 0.192 e. The molecule has 0 aromatic carbocycles. The van der Waals surface area contributed by atoms with Gasteiger partial charge in [-0.1, -0.05) is 34.6 Å². The molecular formula is C14H31NO2Si. The van der Waals surface area contributed by atoms with Crippen molar-refractivity contribution in [3.05, 3.63) is 0 Å². The first-order valence-electron chi connectivity index (χ1n) is 7.11. The van der Waals surface area contributed by atoms with Crippen molar-refractivity contribution in [1.29, 1.82) is 0 Å². The van der Waals surface area contributed by atoms with Crippen LogP contribution in [0.3, 0.4) is 0 Å². The molecule has 1 heterocycles. The summed E-state index contributed by atoms with van der Waals surface area (Å²) >= 11 is 0. The molecule has 1 rings (SSSR count). The molecule has 1 fully saturated rings. The molecule has 0 saturated carbocycles. The second-order valence-electron chi connectivity index (χ2n) is 7.32. The van der Waals surface area contributed by atoms with E-state index in [2.05, 4.69) is 53.0 Å². The number of morpholine rings is 1. The van der Waals surface area contributed by atoms with E-state index in [1.807, 2.05) is 0 Å². The zero-order valence-electron chi connectivity index (χ0n) is 13.2. The Hall–Kier alpha value is 0.0969. The third-order valence-corrected chi connectivity index (χ3v) is 8.82. The van der Waals surface area contributed by atoms with Crippen molar-refractivity contribution >= 4 is 8.32 Å². The molecule has 0 radical (unpaired) electrons. The fourth-order valence-corrected chi connectivity index (χ4v) is 2.79. The Bertz CT molecular complexity index is 261. The summed E-state index contributed by atoms with van der Waals surface area (Å²) < 4.78 is 11.9. The highest BCUT2D eigenvalue weighted by Gasteiger charge is 2.38. The Morgan fingerprint density at radius 2 is 1.89 bits per heavy atom. The molecule has 1 aliphatic rings. The molecule has 0 aromatic rings. The average Bonchev–Trinajstić information content (AvgIpc) is 2.25. The first kappa shape index (κ1) is 16.2. The summed E-state index contributed by atoms with van der Waals surface area (Å²) in [5, 5.41) is 3.93. The van der Waals surface area contributed by atoms with Gasteiger partial charge in [0.2, 0.25) is 0 Å². The molecule has 0 spiro atoms. The summed E-state index contributed by atoms with van der Waals surface area (Å²) in [5.74, 6) is 0.612. The first-order chi connectivity index (χ1) is 8.13. The first-order valence-corrected chi connectivity index (χ1v) is 10.0. The molecule has 1 saturated heterocycles. The van der Waals surface area contributed by atoms with Crippen LogP contribution < -0.4 is 5.32 Å². The summed E-state index contributed by atoms with van der Waals surface area (Å²) in [6.45, 7) is 18.3. The van der Waals surface area contributed by atoms with E-state index in [-0.39, 0.29) is 5.04 Å². The third kappa shape index (κ3) is 4.33. The lowest BCUT2D eigenvalue weighted by molar-refractivity contribution is 0.0168. The molecule has 0 bridgehead atoms. The van der Waals surface area contributed by atoms with Crippen molar-refractivity contribution in [3.63, 3.8) is 0 Å². The van der Waals surface area contributed by atoms with Crippen LogP contribution in [0.1, 0.15) is 34.6 Å². The number of hydrogen-bond acceptors (Lipinski definition) is 3. The Morgan fingerprint density at radius 1 is 1.28 bits per heavy atom. The predicted octanol–water partition coefficient (Wildman–Crippen LogP) is 3.02. The van der Waals surface area contributed by atoms with Crippen LogP contribution in [0.4, 0.5) is 0 Å². The van der Waals surface area contributed by atoms with Crippen molar-refractivity contribution in [2.75, 3.05) is 19.8 Å². The maximum Gasteiger partial charge on any atom is 0.192 e. The zero-order valence-corrected chi connectivity index (χ0v) is 14.2. The van der Waals surface area contributed by atoms with E-state index in [0.29, 0.717) is 18.0 Å². The van der Waals surface area contributed by atoms with Crippen LogP contribution >= 0.6 is 0 Å². The highest BCUT2D eigenvalue weighted by Crippen LogP contribution is 2.36. The molecule has 4 heteroatoms. The van der Waals surface area contributed by atoms with Gasteiger partial charge in [-0.2, -0.15) is 0 Å². The van der Waals surface area contributed by atoms with Crippen LogP contribution in [0.2, 0.25) is 18.1 Å². The third-order valence-electron chi connectivity index (χ3n) is 4.32. The lowest BCUT2D eigenvalue weighted by Gasteiger charge is -2.39. The molecule has 108 valence electrons. The van der Waals surface area contributed by atoms with E-state index in [1.54, 1.807) is 0 Å².